The molecule has 0 spiro atoms. The maximum atomic E-state index is 12.1. The Morgan fingerprint density at radius 1 is 1.03 bits per heavy atom. The van der Waals surface area contributed by atoms with Gasteiger partial charge in [-0.2, -0.15) is 0 Å². The average Bonchev–Trinajstić information content (AvgIpc) is 3.35. The molecule has 3 N–H and O–H groups in total. The normalized spacial score (nSPS) is 10.8. The SMILES string of the molecule is O=C(NCCc1csc(-c2ccc(Cc3sc(=O)[nH]c3O)cc2)c1)c1ccccc1. The number of hydrogen-bond donors (Lipinski definition) is 3. The number of rotatable bonds is 7. The van der Waals surface area contributed by atoms with E-state index in [1.165, 1.54) is 10.4 Å². The third kappa shape index (κ3) is 4.87. The number of aromatic hydroxyl groups is 1. The molecule has 0 aliphatic heterocycles. The summed E-state index contributed by atoms with van der Waals surface area (Å²) >= 11 is 2.71. The minimum atomic E-state index is -0.245. The molecule has 7 heteroatoms. The zero-order chi connectivity index (χ0) is 20.9. The highest BCUT2D eigenvalue weighted by Gasteiger charge is 2.09. The molecule has 4 aromatic rings. The summed E-state index contributed by atoms with van der Waals surface area (Å²) < 4.78 is 0. The molecule has 0 radical (unpaired) electrons. The minimum Gasteiger partial charge on any atom is -0.494 e. The summed E-state index contributed by atoms with van der Waals surface area (Å²) in [5, 5.41) is 14.8. The second-order valence-electron chi connectivity index (χ2n) is 6.85. The number of thiazole rings is 1. The molecule has 0 bridgehead atoms. The van der Waals surface area contributed by atoms with Gasteiger partial charge in [0.25, 0.3) is 5.91 Å². The molecule has 5 nitrogen and oxygen atoms in total. The first-order valence-corrected chi connectivity index (χ1v) is 11.2. The van der Waals surface area contributed by atoms with Crippen molar-refractivity contribution in [1.82, 2.24) is 10.3 Å². The monoisotopic (exact) mass is 436 g/mol. The quantitative estimate of drug-likeness (QED) is 0.401. The zero-order valence-corrected chi connectivity index (χ0v) is 17.7. The Balaban J connectivity index is 1.34. The van der Waals surface area contributed by atoms with Crippen LogP contribution in [-0.2, 0) is 12.8 Å². The summed E-state index contributed by atoms with van der Waals surface area (Å²) in [6.07, 6.45) is 1.30. The number of aromatic amines is 1. The fourth-order valence-electron chi connectivity index (χ4n) is 3.11. The molecule has 2 aromatic heterocycles. The minimum absolute atomic E-state index is 0.0451. The van der Waals surface area contributed by atoms with E-state index in [-0.39, 0.29) is 16.7 Å². The van der Waals surface area contributed by atoms with Gasteiger partial charge >= 0.3 is 4.87 Å². The molecule has 0 saturated heterocycles. The molecular formula is C23H20N2O3S2. The fraction of sp³-hybridized carbons (Fsp3) is 0.130. The number of thiophene rings is 1. The molecule has 1 amide bonds. The van der Waals surface area contributed by atoms with Gasteiger partial charge in [-0.15, -0.1) is 11.3 Å². The van der Waals surface area contributed by atoms with Crippen molar-refractivity contribution in [3.8, 4) is 16.3 Å². The lowest BCUT2D eigenvalue weighted by atomic mass is 10.1. The van der Waals surface area contributed by atoms with Crippen molar-refractivity contribution in [3.63, 3.8) is 0 Å². The average molecular weight is 437 g/mol. The summed E-state index contributed by atoms with van der Waals surface area (Å²) in [5.41, 5.74) is 4.01. The smallest absolute Gasteiger partial charge is 0.307 e. The Labute approximate surface area is 181 Å². The van der Waals surface area contributed by atoms with E-state index in [1.54, 1.807) is 23.5 Å². The predicted octanol–water partition coefficient (Wildman–Crippen LogP) is 4.43. The van der Waals surface area contributed by atoms with Crippen molar-refractivity contribution in [2.24, 2.45) is 0 Å². The highest BCUT2D eigenvalue weighted by molar-refractivity contribution is 7.13. The molecule has 0 fully saturated rings. The van der Waals surface area contributed by atoms with E-state index < -0.39 is 0 Å². The summed E-state index contributed by atoms with van der Waals surface area (Å²) in [7, 11) is 0. The van der Waals surface area contributed by atoms with Crippen molar-refractivity contribution in [2.75, 3.05) is 6.54 Å². The first-order chi connectivity index (χ1) is 14.6. The van der Waals surface area contributed by atoms with Gasteiger partial charge in [0.1, 0.15) is 0 Å². The van der Waals surface area contributed by atoms with Crippen LogP contribution in [0.4, 0.5) is 0 Å². The van der Waals surface area contributed by atoms with Crippen LogP contribution in [0.3, 0.4) is 0 Å². The molecule has 0 aliphatic carbocycles. The Morgan fingerprint density at radius 2 is 1.80 bits per heavy atom. The molecule has 0 unspecified atom stereocenters. The van der Waals surface area contributed by atoms with Crippen LogP contribution in [0.1, 0.15) is 26.4 Å². The van der Waals surface area contributed by atoms with Gasteiger partial charge in [0.05, 0.1) is 4.88 Å². The Kier molecular flexibility index (Phi) is 6.11. The summed E-state index contributed by atoms with van der Waals surface area (Å²) in [6.45, 7) is 0.589. The third-order valence-corrected chi connectivity index (χ3v) is 6.59. The van der Waals surface area contributed by atoms with E-state index in [0.717, 1.165) is 28.9 Å². The summed E-state index contributed by atoms with van der Waals surface area (Å²) in [4.78, 5) is 27.4. The summed E-state index contributed by atoms with van der Waals surface area (Å²) in [6, 6.07) is 19.5. The fourth-order valence-corrected chi connectivity index (χ4v) is 4.83. The van der Waals surface area contributed by atoms with E-state index in [2.05, 4.69) is 33.9 Å². The highest BCUT2D eigenvalue weighted by Crippen LogP contribution is 2.28. The number of carbonyl (C=O) groups is 1. The molecule has 0 aliphatic rings. The maximum absolute atomic E-state index is 12.1. The molecule has 30 heavy (non-hydrogen) atoms. The Hall–Kier alpha value is -3.16. The van der Waals surface area contributed by atoms with Crippen LogP contribution in [-0.4, -0.2) is 22.5 Å². The molecule has 2 aromatic carbocycles. The number of aromatic nitrogens is 1. The van der Waals surface area contributed by atoms with Crippen LogP contribution in [0, 0.1) is 0 Å². The second-order valence-corrected chi connectivity index (χ2v) is 8.83. The maximum Gasteiger partial charge on any atom is 0.307 e. The van der Waals surface area contributed by atoms with Gasteiger partial charge in [-0.25, -0.2) is 0 Å². The number of carbonyl (C=O) groups excluding carboxylic acids is 1. The van der Waals surface area contributed by atoms with Crippen LogP contribution in [0.2, 0.25) is 0 Å². The van der Waals surface area contributed by atoms with Gasteiger partial charge in [-0.05, 0) is 46.7 Å². The van der Waals surface area contributed by atoms with Crippen LogP contribution < -0.4 is 10.2 Å². The van der Waals surface area contributed by atoms with E-state index >= 15 is 0 Å². The largest absolute Gasteiger partial charge is 0.494 e. The van der Waals surface area contributed by atoms with Gasteiger partial charge in [0.15, 0.2) is 0 Å². The van der Waals surface area contributed by atoms with Crippen molar-refractivity contribution in [1.29, 1.82) is 0 Å². The molecular weight excluding hydrogens is 416 g/mol. The number of H-pyrrole nitrogens is 1. The van der Waals surface area contributed by atoms with Gasteiger partial charge in [0.2, 0.25) is 5.88 Å². The number of amides is 1. The molecule has 152 valence electrons. The topological polar surface area (TPSA) is 82.2 Å². The van der Waals surface area contributed by atoms with E-state index in [4.69, 9.17) is 0 Å². The van der Waals surface area contributed by atoms with Gasteiger partial charge in [-0.1, -0.05) is 53.8 Å². The number of nitrogens with one attached hydrogen (secondary N) is 2. The zero-order valence-electron chi connectivity index (χ0n) is 16.1. The lowest BCUT2D eigenvalue weighted by Gasteiger charge is -2.04. The van der Waals surface area contributed by atoms with Crippen molar-refractivity contribution >= 4 is 28.6 Å². The van der Waals surface area contributed by atoms with Crippen molar-refractivity contribution in [3.05, 3.63) is 97.3 Å². The third-order valence-electron chi connectivity index (χ3n) is 4.69. The molecule has 0 saturated carbocycles. The van der Waals surface area contributed by atoms with Crippen molar-refractivity contribution < 1.29 is 9.90 Å². The van der Waals surface area contributed by atoms with E-state index in [9.17, 15) is 14.7 Å². The first-order valence-electron chi connectivity index (χ1n) is 9.49. The van der Waals surface area contributed by atoms with Gasteiger partial charge < -0.3 is 10.4 Å². The van der Waals surface area contributed by atoms with Crippen LogP contribution in [0.25, 0.3) is 10.4 Å². The molecule has 4 rings (SSSR count). The summed E-state index contributed by atoms with van der Waals surface area (Å²) in [5.74, 6) is -0.101. The van der Waals surface area contributed by atoms with Crippen LogP contribution >= 0.6 is 22.7 Å². The number of hydrogen-bond acceptors (Lipinski definition) is 5. The standard InChI is InChI=1S/C23H20N2O3S2/c26-21(18-4-2-1-3-5-18)24-11-10-16-13-19(29-14-16)17-8-6-15(7-9-17)12-20-22(27)25-23(28)30-20/h1-9,13-14,27H,10-12H2,(H,24,26)(H,25,28). The molecule has 0 atom stereocenters. The van der Waals surface area contributed by atoms with Crippen molar-refractivity contribution in [2.45, 2.75) is 12.8 Å². The Bertz CT molecular complexity index is 1190. The van der Waals surface area contributed by atoms with E-state index in [0.29, 0.717) is 23.4 Å². The van der Waals surface area contributed by atoms with Gasteiger partial charge in [0, 0.05) is 23.4 Å². The Morgan fingerprint density at radius 3 is 2.50 bits per heavy atom. The van der Waals surface area contributed by atoms with Gasteiger partial charge in [-0.3, -0.25) is 14.6 Å². The number of benzene rings is 2. The lowest BCUT2D eigenvalue weighted by Crippen LogP contribution is -2.25. The second kappa shape index (κ2) is 9.11. The molecule has 2 heterocycles. The first kappa shape index (κ1) is 20.1. The lowest BCUT2D eigenvalue weighted by molar-refractivity contribution is 0.0954. The predicted molar refractivity (Wildman–Crippen MR) is 122 cm³/mol. The van der Waals surface area contributed by atoms with Crippen LogP contribution in [0.5, 0.6) is 5.88 Å². The van der Waals surface area contributed by atoms with E-state index in [1.807, 2.05) is 30.3 Å². The highest BCUT2D eigenvalue weighted by atomic mass is 32.1. The van der Waals surface area contributed by atoms with Crippen LogP contribution in [0.15, 0.2) is 70.8 Å².